The van der Waals surface area contributed by atoms with E-state index in [1.165, 1.54) is 0 Å². The van der Waals surface area contributed by atoms with Gasteiger partial charge in [-0.05, 0) is 42.5 Å². The van der Waals surface area contributed by atoms with Crippen LogP contribution in [0, 0.1) is 0 Å². The quantitative estimate of drug-likeness (QED) is 0.424. The maximum atomic E-state index is 4.54. The summed E-state index contributed by atoms with van der Waals surface area (Å²) in [5.74, 6) is 1.23. The molecule has 0 aliphatic rings. The van der Waals surface area contributed by atoms with E-state index in [0.29, 0.717) is 11.8 Å². The summed E-state index contributed by atoms with van der Waals surface area (Å²) in [6, 6.07) is 20.0. The molecular weight excluding hydrogens is 336 g/mol. The van der Waals surface area contributed by atoms with Crippen LogP contribution in [0.4, 0.5) is 23.1 Å². The summed E-state index contributed by atoms with van der Waals surface area (Å²) in [6.45, 7) is 0. The number of pyridine rings is 1. The molecule has 0 atom stereocenters. The van der Waals surface area contributed by atoms with Crippen LogP contribution in [0.3, 0.4) is 0 Å². The second-order valence-corrected chi connectivity index (χ2v) is 6.21. The molecule has 0 saturated heterocycles. The number of para-hydroxylation sites is 1. The van der Waals surface area contributed by atoms with Crippen molar-refractivity contribution in [1.29, 1.82) is 0 Å². The largest absolute Gasteiger partial charge is 0.361 e. The summed E-state index contributed by atoms with van der Waals surface area (Å²) in [6.07, 6.45) is 5.45. The first-order chi connectivity index (χ1) is 13.3. The zero-order valence-corrected chi connectivity index (χ0v) is 14.3. The van der Waals surface area contributed by atoms with E-state index in [4.69, 9.17) is 0 Å². The summed E-state index contributed by atoms with van der Waals surface area (Å²) < 4.78 is 0. The minimum Gasteiger partial charge on any atom is -0.361 e. The normalized spacial score (nSPS) is 11.0. The zero-order chi connectivity index (χ0) is 18.1. The van der Waals surface area contributed by atoms with Crippen LogP contribution < -0.4 is 10.6 Å². The number of nitrogens with zero attached hydrogens (tertiary/aromatic N) is 3. The minimum absolute atomic E-state index is 0.531. The van der Waals surface area contributed by atoms with Crippen molar-refractivity contribution in [2.24, 2.45) is 0 Å². The molecule has 0 spiro atoms. The first-order valence-corrected chi connectivity index (χ1v) is 8.62. The molecule has 0 saturated carbocycles. The van der Waals surface area contributed by atoms with Gasteiger partial charge in [-0.15, -0.1) is 0 Å². The lowest BCUT2D eigenvalue weighted by Crippen LogP contribution is -2.00. The third-order valence-corrected chi connectivity index (χ3v) is 4.33. The van der Waals surface area contributed by atoms with Gasteiger partial charge in [0.15, 0.2) is 0 Å². The van der Waals surface area contributed by atoms with Crippen molar-refractivity contribution in [3.63, 3.8) is 0 Å². The van der Waals surface area contributed by atoms with Crippen LogP contribution >= 0.6 is 0 Å². The lowest BCUT2D eigenvalue weighted by atomic mass is 10.2. The Morgan fingerprint density at radius 2 is 1.70 bits per heavy atom. The van der Waals surface area contributed by atoms with Crippen molar-refractivity contribution >= 4 is 44.9 Å². The van der Waals surface area contributed by atoms with Crippen molar-refractivity contribution in [3.05, 3.63) is 79.3 Å². The lowest BCUT2D eigenvalue weighted by Gasteiger charge is -2.09. The van der Waals surface area contributed by atoms with Gasteiger partial charge in [-0.25, -0.2) is 4.98 Å². The van der Waals surface area contributed by atoms with E-state index >= 15 is 0 Å². The minimum atomic E-state index is 0.531. The first-order valence-electron chi connectivity index (χ1n) is 8.62. The predicted molar refractivity (Wildman–Crippen MR) is 109 cm³/mol. The third kappa shape index (κ3) is 3.16. The van der Waals surface area contributed by atoms with E-state index in [9.17, 15) is 0 Å². The smallest absolute Gasteiger partial charge is 0.229 e. The van der Waals surface area contributed by atoms with Crippen molar-refractivity contribution in [3.8, 4) is 0 Å². The lowest BCUT2D eigenvalue weighted by molar-refractivity contribution is 1.16. The summed E-state index contributed by atoms with van der Waals surface area (Å²) in [5.41, 5.74) is 3.88. The SMILES string of the molecule is c1ccc2ncc(Nc3ccnc(Nc4ccc5[nH]ccc5c4)n3)cc2c1. The number of H-pyrrole nitrogens is 1. The highest BCUT2D eigenvalue weighted by Crippen LogP contribution is 2.22. The van der Waals surface area contributed by atoms with Crippen LogP contribution in [0.1, 0.15) is 0 Å². The van der Waals surface area contributed by atoms with Crippen LogP contribution in [0.25, 0.3) is 21.8 Å². The molecule has 0 radical (unpaired) electrons. The fourth-order valence-corrected chi connectivity index (χ4v) is 3.04. The fraction of sp³-hybridized carbons (Fsp3) is 0. The summed E-state index contributed by atoms with van der Waals surface area (Å²) >= 11 is 0. The molecule has 6 nitrogen and oxygen atoms in total. The molecule has 0 amide bonds. The van der Waals surface area contributed by atoms with Crippen molar-refractivity contribution in [1.82, 2.24) is 19.9 Å². The van der Waals surface area contributed by atoms with E-state index in [0.717, 1.165) is 33.2 Å². The average molecular weight is 352 g/mol. The zero-order valence-electron chi connectivity index (χ0n) is 14.3. The molecule has 3 heterocycles. The summed E-state index contributed by atoms with van der Waals surface area (Å²) in [4.78, 5) is 16.5. The molecule has 0 aliphatic carbocycles. The molecule has 0 unspecified atom stereocenters. The first kappa shape index (κ1) is 15.3. The maximum absolute atomic E-state index is 4.54. The second kappa shape index (κ2) is 6.42. The second-order valence-electron chi connectivity index (χ2n) is 6.21. The molecule has 0 aliphatic heterocycles. The molecule has 6 heteroatoms. The van der Waals surface area contributed by atoms with Gasteiger partial charge in [-0.1, -0.05) is 18.2 Å². The number of nitrogens with one attached hydrogen (secondary N) is 3. The highest BCUT2D eigenvalue weighted by atomic mass is 15.1. The molecule has 5 rings (SSSR count). The number of benzene rings is 2. The molecule has 2 aromatic carbocycles. The number of hydrogen-bond donors (Lipinski definition) is 3. The van der Waals surface area contributed by atoms with Crippen LogP contribution in [-0.4, -0.2) is 19.9 Å². The highest BCUT2D eigenvalue weighted by Gasteiger charge is 2.04. The van der Waals surface area contributed by atoms with Gasteiger partial charge >= 0.3 is 0 Å². The number of rotatable bonds is 4. The number of anilines is 4. The molecule has 130 valence electrons. The Bertz CT molecular complexity index is 1240. The number of aromatic nitrogens is 4. The van der Waals surface area contributed by atoms with Gasteiger partial charge in [0.2, 0.25) is 5.95 Å². The van der Waals surface area contributed by atoms with Crippen LogP contribution in [-0.2, 0) is 0 Å². The van der Waals surface area contributed by atoms with Gasteiger partial charge in [0.25, 0.3) is 0 Å². The van der Waals surface area contributed by atoms with E-state index in [1.54, 1.807) is 12.4 Å². The van der Waals surface area contributed by atoms with Crippen LogP contribution in [0.2, 0.25) is 0 Å². The monoisotopic (exact) mass is 352 g/mol. The Labute approximate surface area is 155 Å². The number of hydrogen-bond acceptors (Lipinski definition) is 5. The average Bonchev–Trinajstić information content (AvgIpc) is 3.16. The van der Waals surface area contributed by atoms with Gasteiger partial charge in [0, 0.05) is 34.4 Å². The Morgan fingerprint density at radius 1 is 0.778 bits per heavy atom. The Morgan fingerprint density at radius 3 is 2.70 bits per heavy atom. The van der Waals surface area contributed by atoms with Crippen molar-refractivity contribution < 1.29 is 0 Å². The molecule has 3 aromatic heterocycles. The molecular formula is C21H16N6. The predicted octanol–water partition coefficient (Wildman–Crippen LogP) is 4.99. The van der Waals surface area contributed by atoms with Gasteiger partial charge in [-0.2, -0.15) is 4.98 Å². The summed E-state index contributed by atoms with van der Waals surface area (Å²) in [7, 11) is 0. The summed E-state index contributed by atoms with van der Waals surface area (Å²) in [5, 5.41) is 8.75. The number of aromatic amines is 1. The van der Waals surface area contributed by atoms with Gasteiger partial charge in [0.05, 0.1) is 17.4 Å². The fourth-order valence-electron chi connectivity index (χ4n) is 3.04. The van der Waals surface area contributed by atoms with E-state index in [2.05, 4.69) is 42.7 Å². The van der Waals surface area contributed by atoms with Crippen molar-refractivity contribution in [2.75, 3.05) is 10.6 Å². The topological polar surface area (TPSA) is 78.5 Å². The van der Waals surface area contributed by atoms with Gasteiger partial charge in [-0.3, -0.25) is 4.98 Å². The van der Waals surface area contributed by atoms with Crippen LogP contribution in [0.5, 0.6) is 0 Å². The van der Waals surface area contributed by atoms with Crippen molar-refractivity contribution in [2.45, 2.75) is 0 Å². The highest BCUT2D eigenvalue weighted by molar-refractivity contribution is 5.84. The molecule has 5 aromatic rings. The standard InChI is InChI=1S/C21H16N6/c1-2-4-18-14(3-1)12-17(13-24-18)25-20-8-10-23-21(27-20)26-16-5-6-19-15(11-16)7-9-22-19/h1-13,22H,(H2,23,25,26,27). The molecule has 27 heavy (non-hydrogen) atoms. The van der Waals surface area contributed by atoms with E-state index in [1.807, 2.05) is 54.7 Å². The maximum Gasteiger partial charge on any atom is 0.229 e. The van der Waals surface area contributed by atoms with Crippen LogP contribution in [0.15, 0.2) is 79.3 Å². The Balaban J connectivity index is 1.39. The number of fused-ring (bicyclic) bond motifs is 2. The molecule has 3 N–H and O–H groups in total. The third-order valence-electron chi connectivity index (χ3n) is 4.33. The molecule has 0 bridgehead atoms. The van der Waals surface area contributed by atoms with Gasteiger partial charge < -0.3 is 15.6 Å². The Hall–Kier alpha value is -3.93. The van der Waals surface area contributed by atoms with E-state index < -0.39 is 0 Å². The van der Waals surface area contributed by atoms with E-state index in [-0.39, 0.29) is 0 Å². The van der Waals surface area contributed by atoms with Gasteiger partial charge in [0.1, 0.15) is 5.82 Å². The Kier molecular flexibility index (Phi) is 3.65. The molecule has 0 fully saturated rings.